The van der Waals surface area contributed by atoms with Crippen molar-refractivity contribution in [3.05, 3.63) is 97.7 Å². The maximum absolute atomic E-state index is 14.1. The molecule has 0 fully saturated rings. The number of thiazole rings is 1. The zero-order valence-corrected chi connectivity index (χ0v) is 20.8. The molecule has 0 radical (unpaired) electrons. The van der Waals surface area contributed by atoms with E-state index < -0.39 is 40.7 Å². The highest BCUT2D eigenvalue weighted by molar-refractivity contribution is 7.15. The number of hydrogen-bond acceptors (Lipinski definition) is 5. The van der Waals surface area contributed by atoms with Gasteiger partial charge in [0, 0.05) is 32.9 Å². The molecule has 5 rings (SSSR count). The number of anilines is 1. The maximum atomic E-state index is 14.1. The van der Waals surface area contributed by atoms with Crippen molar-refractivity contribution in [1.82, 2.24) is 15.3 Å². The second-order valence-electron chi connectivity index (χ2n) is 8.03. The van der Waals surface area contributed by atoms with Crippen LogP contribution in [0.2, 0.25) is 10.0 Å². The van der Waals surface area contributed by atoms with Crippen molar-refractivity contribution >= 4 is 52.0 Å². The molecule has 1 unspecified atom stereocenters. The number of carbonyl (C=O) groups is 2. The van der Waals surface area contributed by atoms with Crippen LogP contribution in [-0.4, -0.2) is 21.8 Å². The molecule has 0 saturated carbocycles. The number of carbonyl (C=O) groups excluding carboxylic acids is 2. The highest BCUT2D eigenvalue weighted by Crippen LogP contribution is 2.42. The fourth-order valence-corrected chi connectivity index (χ4v) is 5.09. The Morgan fingerprint density at radius 3 is 2.50 bits per heavy atom. The summed E-state index contributed by atoms with van der Waals surface area (Å²) in [6.07, 6.45) is -3.77. The Morgan fingerprint density at radius 1 is 1.05 bits per heavy atom. The summed E-state index contributed by atoms with van der Waals surface area (Å²) in [7, 11) is 0. The number of pyridine rings is 1. The van der Waals surface area contributed by atoms with Crippen molar-refractivity contribution in [3.8, 4) is 10.6 Å². The molecule has 6 nitrogen and oxygen atoms in total. The van der Waals surface area contributed by atoms with Gasteiger partial charge in [0.2, 0.25) is 0 Å². The summed E-state index contributed by atoms with van der Waals surface area (Å²) in [5, 5.41) is 4.06. The Bertz CT molecular complexity index is 1610. The molecular weight excluding hydrogens is 574 g/mol. The molecule has 1 aliphatic rings. The number of fused-ring (bicyclic) bond motifs is 1. The first-order chi connectivity index (χ1) is 17.9. The minimum atomic E-state index is -4.70. The standard InChI is InChI=1S/C24H11Cl2F5N4O2S/c25-10-3-9(4-12(28)5-10)21(36)34-16-7-15(17-8-32-23(38-17)24(29,30)31)33-20-18(16)19(35-22(20)37)13-6-11(27)1-2-14(13)26/h1-8,19H,(H,35,37)(H,33,34,36). The molecule has 1 aliphatic heterocycles. The van der Waals surface area contributed by atoms with E-state index in [1.807, 2.05) is 0 Å². The Hall–Kier alpha value is -3.61. The highest BCUT2D eigenvalue weighted by Gasteiger charge is 2.38. The Labute approximate surface area is 224 Å². The second-order valence-corrected chi connectivity index (χ2v) is 9.90. The molecule has 0 spiro atoms. The lowest BCUT2D eigenvalue weighted by Gasteiger charge is -2.18. The molecule has 2 N–H and O–H groups in total. The Kier molecular flexibility index (Phi) is 6.58. The van der Waals surface area contributed by atoms with Gasteiger partial charge in [-0.1, -0.05) is 23.2 Å². The first-order valence-electron chi connectivity index (χ1n) is 10.5. The van der Waals surface area contributed by atoms with E-state index in [4.69, 9.17) is 23.2 Å². The number of rotatable bonds is 4. The fourth-order valence-electron chi connectivity index (χ4n) is 3.89. The summed E-state index contributed by atoms with van der Waals surface area (Å²) in [4.78, 5) is 33.5. The summed E-state index contributed by atoms with van der Waals surface area (Å²) in [6.45, 7) is 0. The molecule has 0 saturated heterocycles. The summed E-state index contributed by atoms with van der Waals surface area (Å²) in [6, 6.07) is 6.77. The molecule has 0 aliphatic carbocycles. The van der Waals surface area contributed by atoms with Crippen LogP contribution in [0, 0.1) is 11.6 Å². The first kappa shape index (κ1) is 26.0. The zero-order valence-electron chi connectivity index (χ0n) is 18.5. The quantitative estimate of drug-likeness (QED) is 0.256. The third-order valence-electron chi connectivity index (χ3n) is 5.48. The largest absolute Gasteiger partial charge is 0.443 e. The van der Waals surface area contributed by atoms with Crippen LogP contribution in [0.5, 0.6) is 0 Å². The van der Waals surface area contributed by atoms with E-state index in [0.29, 0.717) is 0 Å². The van der Waals surface area contributed by atoms with Crippen molar-refractivity contribution < 1.29 is 31.5 Å². The van der Waals surface area contributed by atoms with Gasteiger partial charge >= 0.3 is 6.18 Å². The van der Waals surface area contributed by atoms with E-state index in [9.17, 15) is 31.5 Å². The lowest BCUT2D eigenvalue weighted by Crippen LogP contribution is -2.21. The van der Waals surface area contributed by atoms with Crippen LogP contribution in [0.3, 0.4) is 0 Å². The van der Waals surface area contributed by atoms with Gasteiger partial charge in [0.05, 0.1) is 22.3 Å². The fraction of sp³-hybridized carbons (Fsp3) is 0.0833. The summed E-state index contributed by atoms with van der Waals surface area (Å²) >= 11 is 12.4. The number of hydrogen-bond donors (Lipinski definition) is 2. The number of halogens is 7. The van der Waals surface area contributed by atoms with Crippen molar-refractivity contribution in [2.75, 3.05) is 5.32 Å². The molecular formula is C24H11Cl2F5N4O2S. The van der Waals surface area contributed by atoms with Crippen LogP contribution in [0.25, 0.3) is 10.6 Å². The van der Waals surface area contributed by atoms with Gasteiger partial charge < -0.3 is 10.6 Å². The number of amides is 2. The molecule has 1 atom stereocenters. The summed E-state index contributed by atoms with van der Waals surface area (Å²) in [5.41, 5.74) is -0.317. The summed E-state index contributed by atoms with van der Waals surface area (Å²) < 4.78 is 67.3. The summed E-state index contributed by atoms with van der Waals surface area (Å²) in [5.74, 6) is -3.01. The van der Waals surface area contributed by atoms with Crippen LogP contribution < -0.4 is 10.6 Å². The van der Waals surface area contributed by atoms with Crippen LogP contribution in [-0.2, 0) is 6.18 Å². The van der Waals surface area contributed by atoms with E-state index >= 15 is 0 Å². The lowest BCUT2D eigenvalue weighted by molar-refractivity contribution is -0.137. The second kappa shape index (κ2) is 9.61. The Morgan fingerprint density at radius 2 is 1.82 bits per heavy atom. The number of nitrogens with zero attached hydrogens (tertiary/aromatic N) is 2. The van der Waals surface area contributed by atoms with Crippen molar-refractivity contribution in [2.45, 2.75) is 12.2 Å². The van der Waals surface area contributed by atoms with Crippen molar-refractivity contribution in [3.63, 3.8) is 0 Å². The van der Waals surface area contributed by atoms with E-state index in [1.54, 1.807) is 0 Å². The van der Waals surface area contributed by atoms with E-state index in [2.05, 4.69) is 20.6 Å². The maximum Gasteiger partial charge on any atom is 0.443 e. The predicted molar refractivity (Wildman–Crippen MR) is 130 cm³/mol. The normalized spacial score (nSPS) is 14.8. The number of aromatic nitrogens is 2. The molecule has 2 aromatic carbocycles. The molecule has 14 heteroatoms. The lowest BCUT2D eigenvalue weighted by atomic mass is 9.98. The molecule has 2 amide bonds. The molecule has 0 bridgehead atoms. The van der Waals surface area contributed by atoms with Gasteiger partial charge in [0.25, 0.3) is 11.8 Å². The monoisotopic (exact) mass is 584 g/mol. The van der Waals surface area contributed by atoms with Gasteiger partial charge in [-0.05, 0) is 42.5 Å². The first-order valence-corrected chi connectivity index (χ1v) is 12.1. The molecule has 194 valence electrons. The van der Waals surface area contributed by atoms with Crippen molar-refractivity contribution in [1.29, 1.82) is 0 Å². The van der Waals surface area contributed by atoms with Gasteiger partial charge in [-0.3, -0.25) is 9.59 Å². The van der Waals surface area contributed by atoms with Crippen LogP contribution in [0.1, 0.15) is 43.0 Å². The SMILES string of the molecule is O=C(Nc1cc(-c2cnc(C(F)(F)F)s2)nc2c1C(c1cc(F)ccc1Cl)NC2=O)c1cc(F)cc(Cl)c1. The minimum absolute atomic E-state index is 0.0375. The van der Waals surface area contributed by atoms with Crippen LogP contribution in [0.15, 0.2) is 48.7 Å². The third-order valence-corrected chi connectivity index (χ3v) is 7.11. The van der Waals surface area contributed by atoms with E-state index in [0.717, 1.165) is 30.5 Å². The number of alkyl halides is 3. The highest BCUT2D eigenvalue weighted by atomic mass is 35.5. The third kappa shape index (κ3) is 4.94. The average Bonchev–Trinajstić information content (AvgIpc) is 3.46. The van der Waals surface area contributed by atoms with E-state index in [1.165, 1.54) is 18.2 Å². The van der Waals surface area contributed by atoms with Crippen LogP contribution in [0.4, 0.5) is 27.6 Å². The Balaban J connectivity index is 1.67. The van der Waals surface area contributed by atoms with Crippen LogP contribution >= 0.6 is 34.5 Å². The topological polar surface area (TPSA) is 84.0 Å². The molecule has 2 aromatic heterocycles. The molecule has 4 aromatic rings. The van der Waals surface area contributed by atoms with Crippen molar-refractivity contribution in [2.24, 2.45) is 0 Å². The molecule has 38 heavy (non-hydrogen) atoms. The van der Waals surface area contributed by atoms with Gasteiger partial charge in [-0.15, -0.1) is 11.3 Å². The van der Waals surface area contributed by atoms with E-state index in [-0.39, 0.29) is 60.0 Å². The van der Waals surface area contributed by atoms with Gasteiger partial charge in [-0.25, -0.2) is 18.7 Å². The minimum Gasteiger partial charge on any atom is -0.340 e. The van der Waals surface area contributed by atoms with Gasteiger partial charge in [-0.2, -0.15) is 13.2 Å². The number of benzene rings is 2. The van der Waals surface area contributed by atoms with Gasteiger partial charge in [0.15, 0.2) is 5.01 Å². The zero-order chi connectivity index (χ0) is 27.4. The van der Waals surface area contributed by atoms with Gasteiger partial charge in [0.1, 0.15) is 17.3 Å². The average molecular weight is 585 g/mol. The number of nitrogens with one attached hydrogen (secondary N) is 2. The predicted octanol–water partition coefficient (Wildman–Crippen LogP) is 6.89. The smallest absolute Gasteiger partial charge is 0.340 e. The molecule has 3 heterocycles.